The quantitative estimate of drug-likeness (QED) is 0.407. The van der Waals surface area contributed by atoms with Gasteiger partial charge in [-0.1, -0.05) is 54.9 Å². The predicted molar refractivity (Wildman–Crippen MR) is 116 cm³/mol. The molecular weight excluding hydrogens is 402 g/mol. The molecule has 152 valence electrons. The van der Waals surface area contributed by atoms with Crippen LogP contribution in [0.2, 0.25) is 5.02 Å². The first-order chi connectivity index (χ1) is 14.4. The van der Waals surface area contributed by atoms with Gasteiger partial charge in [-0.3, -0.25) is 4.79 Å². The van der Waals surface area contributed by atoms with Crippen molar-refractivity contribution in [2.75, 3.05) is 5.32 Å². The maximum absolute atomic E-state index is 12.9. The average Bonchev–Trinajstić information content (AvgIpc) is 3.40. The Kier molecular flexibility index (Phi) is 5.42. The van der Waals surface area contributed by atoms with Crippen LogP contribution in [0.3, 0.4) is 0 Å². The van der Waals surface area contributed by atoms with Gasteiger partial charge in [0, 0.05) is 11.5 Å². The van der Waals surface area contributed by atoms with Crippen LogP contribution in [0.4, 0.5) is 5.69 Å². The maximum Gasteiger partial charge on any atom is 0.291 e. The molecule has 0 aliphatic carbocycles. The lowest BCUT2D eigenvalue weighted by Crippen LogP contribution is -2.13. The van der Waals surface area contributed by atoms with Gasteiger partial charge in [0.25, 0.3) is 11.8 Å². The van der Waals surface area contributed by atoms with Gasteiger partial charge in [-0.15, -0.1) is 0 Å². The van der Waals surface area contributed by atoms with Crippen molar-refractivity contribution in [3.8, 4) is 22.8 Å². The highest BCUT2D eigenvalue weighted by Crippen LogP contribution is 2.32. The van der Waals surface area contributed by atoms with Gasteiger partial charge in [-0.25, -0.2) is 0 Å². The van der Waals surface area contributed by atoms with E-state index in [1.807, 2.05) is 57.2 Å². The van der Waals surface area contributed by atoms with E-state index in [2.05, 4.69) is 15.5 Å². The number of anilines is 1. The summed E-state index contributed by atoms with van der Waals surface area (Å²) in [5.74, 6) is 1.42. The molecular formula is C23H20ClN3O3. The first-order valence-corrected chi connectivity index (χ1v) is 9.91. The van der Waals surface area contributed by atoms with Crippen molar-refractivity contribution in [1.82, 2.24) is 10.1 Å². The zero-order valence-electron chi connectivity index (χ0n) is 16.8. The zero-order valence-corrected chi connectivity index (χ0v) is 17.5. The van der Waals surface area contributed by atoms with Crippen LogP contribution in [0.1, 0.15) is 41.7 Å². The van der Waals surface area contributed by atoms with E-state index in [1.165, 1.54) is 0 Å². The van der Waals surface area contributed by atoms with Crippen LogP contribution in [0.15, 0.2) is 63.5 Å². The standard InChI is InChI=1S/C23H20ClN3O3/c1-13(2)21-26-23(30-27-21)16-9-6-7-14(3)20(16)25-22(28)19-12-11-18(29-19)15-8-4-5-10-17(15)24/h4-13H,1-3H3,(H,25,28). The van der Waals surface area contributed by atoms with Gasteiger partial charge < -0.3 is 14.3 Å². The van der Waals surface area contributed by atoms with E-state index in [1.54, 1.807) is 18.2 Å². The summed E-state index contributed by atoms with van der Waals surface area (Å²) in [6.07, 6.45) is 0. The van der Waals surface area contributed by atoms with Crippen LogP contribution >= 0.6 is 11.6 Å². The number of hydrogen-bond donors (Lipinski definition) is 1. The molecule has 0 bridgehead atoms. The number of nitrogens with zero attached hydrogens (tertiary/aromatic N) is 2. The SMILES string of the molecule is Cc1cccc(-c2nc(C(C)C)no2)c1NC(=O)c1ccc(-c2ccccc2Cl)o1. The van der Waals surface area contributed by atoms with Gasteiger partial charge >= 0.3 is 0 Å². The molecule has 6 nitrogen and oxygen atoms in total. The molecule has 0 saturated carbocycles. The number of furan rings is 1. The highest BCUT2D eigenvalue weighted by atomic mass is 35.5. The number of aromatic nitrogens is 2. The van der Waals surface area contributed by atoms with Crippen molar-refractivity contribution >= 4 is 23.2 Å². The van der Waals surface area contributed by atoms with E-state index >= 15 is 0 Å². The number of benzene rings is 2. The summed E-state index contributed by atoms with van der Waals surface area (Å²) < 4.78 is 11.2. The summed E-state index contributed by atoms with van der Waals surface area (Å²) in [6.45, 7) is 5.87. The first kappa shape index (κ1) is 19.9. The number of rotatable bonds is 5. The van der Waals surface area contributed by atoms with E-state index in [-0.39, 0.29) is 17.6 Å². The highest BCUT2D eigenvalue weighted by molar-refractivity contribution is 6.33. The molecule has 0 spiro atoms. The summed E-state index contributed by atoms with van der Waals surface area (Å²) in [5, 5.41) is 7.49. The zero-order chi connectivity index (χ0) is 21.3. The number of aryl methyl sites for hydroxylation is 1. The van der Waals surface area contributed by atoms with Crippen molar-refractivity contribution < 1.29 is 13.7 Å². The number of nitrogens with one attached hydrogen (secondary N) is 1. The van der Waals surface area contributed by atoms with E-state index in [9.17, 15) is 4.79 Å². The Hall–Kier alpha value is -3.38. The molecule has 1 N–H and O–H groups in total. The van der Waals surface area contributed by atoms with Crippen molar-refractivity contribution in [1.29, 1.82) is 0 Å². The molecule has 0 unspecified atom stereocenters. The molecule has 0 aliphatic heterocycles. The second-order valence-corrected chi connectivity index (χ2v) is 7.61. The molecule has 2 heterocycles. The van der Waals surface area contributed by atoms with Crippen LogP contribution in [0, 0.1) is 6.92 Å². The number of hydrogen-bond acceptors (Lipinski definition) is 5. The molecule has 4 aromatic rings. The number of carbonyl (C=O) groups is 1. The van der Waals surface area contributed by atoms with E-state index in [0.717, 1.165) is 11.1 Å². The normalized spacial score (nSPS) is 11.1. The fourth-order valence-corrected chi connectivity index (χ4v) is 3.26. The Morgan fingerprint density at radius 3 is 2.53 bits per heavy atom. The highest BCUT2D eigenvalue weighted by Gasteiger charge is 2.20. The molecule has 2 aromatic carbocycles. The summed E-state index contributed by atoms with van der Waals surface area (Å²) >= 11 is 6.23. The van der Waals surface area contributed by atoms with Crippen molar-refractivity contribution in [2.24, 2.45) is 0 Å². The fraction of sp³-hybridized carbons (Fsp3) is 0.174. The van der Waals surface area contributed by atoms with Crippen LogP contribution in [0.25, 0.3) is 22.8 Å². The molecule has 2 aromatic heterocycles. The first-order valence-electron chi connectivity index (χ1n) is 9.53. The van der Waals surface area contributed by atoms with E-state index in [4.69, 9.17) is 20.5 Å². The Morgan fingerprint density at radius 1 is 1.03 bits per heavy atom. The lowest BCUT2D eigenvalue weighted by Gasteiger charge is -2.10. The minimum Gasteiger partial charge on any atom is -0.451 e. The smallest absolute Gasteiger partial charge is 0.291 e. The van der Waals surface area contributed by atoms with Crippen LogP contribution in [-0.2, 0) is 0 Å². The molecule has 30 heavy (non-hydrogen) atoms. The Balaban J connectivity index is 1.63. The van der Waals surface area contributed by atoms with Gasteiger partial charge in [-0.05, 0) is 42.8 Å². The van der Waals surface area contributed by atoms with Crippen LogP contribution in [0.5, 0.6) is 0 Å². The van der Waals surface area contributed by atoms with Gasteiger partial charge in [0.05, 0.1) is 16.3 Å². The number of amides is 1. The van der Waals surface area contributed by atoms with Crippen LogP contribution in [-0.4, -0.2) is 16.0 Å². The van der Waals surface area contributed by atoms with Crippen LogP contribution < -0.4 is 5.32 Å². The van der Waals surface area contributed by atoms with Gasteiger partial charge in [0.2, 0.25) is 0 Å². The molecule has 0 aliphatic rings. The van der Waals surface area contributed by atoms with Crippen molar-refractivity contribution in [3.05, 3.63) is 76.8 Å². The molecule has 7 heteroatoms. The van der Waals surface area contributed by atoms with E-state index in [0.29, 0.717) is 33.7 Å². The van der Waals surface area contributed by atoms with Gasteiger partial charge in [-0.2, -0.15) is 4.98 Å². The topological polar surface area (TPSA) is 81.2 Å². The molecule has 0 fully saturated rings. The number of para-hydroxylation sites is 1. The monoisotopic (exact) mass is 421 g/mol. The average molecular weight is 422 g/mol. The Bertz CT molecular complexity index is 1210. The van der Waals surface area contributed by atoms with Gasteiger partial charge in [0.15, 0.2) is 11.6 Å². The second-order valence-electron chi connectivity index (χ2n) is 7.21. The summed E-state index contributed by atoms with van der Waals surface area (Å²) in [6, 6.07) is 16.3. The predicted octanol–water partition coefficient (Wildman–Crippen LogP) is 6.33. The third-order valence-corrected chi connectivity index (χ3v) is 5.00. The van der Waals surface area contributed by atoms with Crippen molar-refractivity contribution in [3.63, 3.8) is 0 Å². The second kappa shape index (κ2) is 8.16. The largest absolute Gasteiger partial charge is 0.451 e. The number of carbonyl (C=O) groups excluding carboxylic acids is 1. The Labute approximate surface area is 178 Å². The molecule has 4 rings (SSSR count). The molecule has 0 radical (unpaired) electrons. The summed E-state index contributed by atoms with van der Waals surface area (Å²) in [7, 11) is 0. The summed E-state index contributed by atoms with van der Waals surface area (Å²) in [4.78, 5) is 17.3. The lowest BCUT2D eigenvalue weighted by molar-refractivity contribution is 0.0997. The fourth-order valence-electron chi connectivity index (χ4n) is 3.03. The maximum atomic E-state index is 12.9. The third-order valence-electron chi connectivity index (χ3n) is 4.67. The Morgan fingerprint density at radius 2 is 1.80 bits per heavy atom. The molecule has 0 atom stereocenters. The third kappa shape index (κ3) is 3.86. The molecule has 0 saturated heterocycles. The van der Waals surface area contributed by atoms with Gasteiger partial charge in [0.1, 0.15) is 5.76 Å². The molecule has 1 amide bonds. The minimum atomic E-state index is -0.382. The number of halogens is 1. The summed E-state index contributed by atoms with van der Waals surface area (Å²) in [5.41, 5.74) is 2.84. The van der Waals surface area contributed by atoms with E-state index < -0.39 is 0 Å². The lowest BCUT2D eigenvalue weighted by atomic mass is 10.1. The minimum absolute atomic E-state index is 0.136. The van der Waals surface area contributed by atoms with Crippen molar-refractivity contribution in [2.45, 2.75) is 26.7 Å².